The van der Waals surface area contributed by atoms with E-state index >= 15 is 0 Å². The summed E-state index contributed by atoms with van der Waals surface area (Å²) in [5.74, 6) is 1.67. The quantitative estimate of drug-likeness (QED) is 0.833. The lowest BCUT2D eigenvalue weighted by Crippen LogP contribution is -2.37. The minimum absolute atomic E-state index is 0.434. The maximum absolute atomic E-state index is 5.94. The Labute approximate surface area is 111 Å². The number of likely N-dealkylation sites (N-methyl/N-ethyl adjacent to an activating group) is 1. The molecule has 2 atom stereocenters. The number of rotatable bonds is 6. The first-order chi connectivity index (χ1) is 8.74. The van der Waals surface area contributed by atoms with E-state index in [4.69, 9.17) is 4.74 Å². The van der Waals surface area contributed by atoms with Gasteiger partial charge in [-0.25, -0.2) is 0 Å². The van der Waals surface area contributed by atoms with Crippen LogP contribution < -0.4 is 10.1 Å². The molecule has 0 amide bonds. The second-order valence-corrected chi connectivity index (χ2v) is 5.38. The van der Waals surface area contributed by atoms with E-state index in [1.807, 2.05) is 7.05 Å². The molecule has 0 radical (unpaired) electrons. The normalized spacial score (nSPS) is 17.3. The van der Waals surface area contributed by atoms with Crippen LogP contribution in [0.1, 0.15) is 37.8 Å². The summed E-state index contributed by atoms with van der Waals surface area (Å²) in [6, 6.07) is 7.01. The van der Waals surface area contributed by atoms with Crippen molar-refractivity contribution in [2.45, 2.75) is 45.6 Å². The molecule has 1 N–H and O–H groups in total. The summed E-state index contributed by atoms with van der Waals surface area (Å²) in [6.07, 6.45) is 4.93. The molecular formula is C16H25NO. The third kappa shape index (κ3) is 3.05. The Balaban J connectivity index is 1.93. The van der Waals surface area contributed by atoms with Crippen LogP contribution in [0, 0.1) is 5.92 Å². The first kappa shape index (κ1) is 13.4. The predicted octanol–water partition coefficient (Wildman–Crippen LogP) is 3.19. The van der Waals surface area contributed by atoms with Gasteiger partial charge in [0.05, 0.1) is 0 Å². The molecule has 18 heavy (non-hydrogen) atoms. The van der Waals surface area contributed by atoms with Gasteiger partial charge in [-0.15, -0.1) is 0 Å². The van der Waals surface area contributed by atoms with Crippen molar-refractivity contribution < 1.29 is 4.74 Å². The molecule has 2 nitrogen and oxygen atoms in total. The van der Waals surface area contributed by atoms with Crippen LogP contribution in [0.5, 0.6) is 5.75 Å². The molecule has 0 spiro atoms. The maximum atomic E-state index is 5.94. The van der Waals surface area contributed by atoms with Crippen LogP contribution in [0.3, 0.4) is 0 Å². The van der Waals surface area contributed by atoms with Crippen molar-refractivity contribution in [1.82, 2.24) is 5.32 Å². The Kier molecular flexibility index (Phi) is 4.65. The van der Waals surface area contributed by atoms with Crippen molar-refractivity contribution in [2.75, 3.05) is 13.7 Å². The SMILES string of the molecule is CCC(C)C(COc1ccc2c(c1)CCC2)NC. The van der Waals surface area contributed by atoms with Gasteiger partial charge in [-0.2, -0.15) is 0 Å². The number of fused-ring (bicyclic) bond motifs is 1. The number of hydrogen-bond acceptors (Lipinski definition) is 2. The summed E-state index contributed by atoms with van der Waals surface area (Å²) in [6.45, 7) is 5.25. The lowest BCUT2D eigenvalue weighted by molar-refractivity contribution is 0.228. The van der Waals surface area contributed by atoms with E-state index in [-0.39, 0.29) is 0 Å². The van der Waals surface area contributed by atoms with E-state index in [2.05, 4.69) is 37.4 Å². The third-order valence-electron chi connectivity index (χ3n) is 4.20. The third-order valence-corrected chi connectivity index (χ3v) is 4.20. The van der Waals surface area contributed by atoms with Gasteiger partial charge in [0.25, 0.3) is 0 Å². The molecule has 0 bridgehead atoms. The zero-order chi connectivity index (χ0) is 13.0. The topological polar surface area (TPSA) is 21.3 Å². The van der Waals surface area contributed by atoms with E-state index in [9.17, 15) is 0 Å². The van der Waals surface area contributed by atoms with Gasteiger partial charge in [-0.1, -0.05) is 26.3 Å². The van der Waals surface area contributed by atoms with Gasteiger partial charge >= 0.3 is 0 Å². The fraction of sp³-hybridized carbons (Fsp3) is 0.625. The van der Waals surface area contributed by atoms with Crippen molar-refractivity contribution in [2.24, 2.45) is 5.92 Å². The highest BCUT2D eigenvalue weighted by Crippen LogP contribution is 2.26. The summed E-state index contributed by atoms with van der Waals surface area (Å²) < 4.78 is 5.94. The van der Waals surface area contributed by atoms with Crippen molar-refractivity contribution in [1.29, 1.82) is 0 Å². The van der Waals surface area contributed by atoms with Crippen LogP contribution >= 0.6 is 0 Å². The summed E-state index contributed by atoms with van der Waals surface area (Å²) in [5, 5.41) is 3.35. The van der Waals surface area contributed by atoms with E-state index in [1.165, 1.54) is 36.8 Å². The minimum atomic E-state index is 0.434. The van der Waals surface area contributed by atoms with Gasteiger partial charge in [0.15, 0.2) is 0 Å². The molecule has 0 saturated carbocycles. The molecule has 2 rings (SSSR count). The average Bonchev–Trinajstić information content (AvgIpc) is 2.86. The van der Waals surface area contributed by atoms with E-state index in [1.54, 1.807) is 0 Å². The Morgan fingerprint density at radius 2 is 2.06 bits per heavy atom. The van der Waals surface area contributed by atoms with E-state index in [0.717, 1.165) is 12.4 Å². The summed E-state index contributed by atoms with van der Waals surface area (Å²) in [5.41, 5.74) is 2.99. The second-order valence-electron chi connectivity index (χ2n) is 5.38. The highest BCUT2D eigenvalue weighted by atomic mass is 16.5. The standard InChI is InChI=1S/C16H25NO/c1-4-12(2)16(17-3)11-18-15-9-8-13-6-5-7-14(13)10-15/h8-10,12,16-17H,4-7,11H2,1-3H3. The van der Waals surface area contributed by atoms with Crippen LogP contribution in [-0.2, 0) is 12.8 Å². The molecule has 0 saturated heterocycles. The second kappa shape index (κ2) is 6.24. The van der Waals surface area contributed by atoms with Crippen LogP contribution in [0.4, 0.5) is 0 Å². The molecule has 0 fully saturated rings. The molecule has 0 heterocycles. The zero-order valence-electron chi connectivity index (χ0n) is 11.8. The minimum Gasteiger partial charge on any atom is -0.492 e. The van der Waals surface area contributed by atoms with Crippen LogP contribution in [0.15, 0.2) is 18.2 Å². The summed E-state index contributed by atoms with van der Waals surface area (Å²) in [4.78, 5) is 0. The molecule has 1 aromatic rings. The average molecular weight is 247 g/mol. The molecule has 1 aliphatic carbocycles. The van der Waals surface area contributed by atoms with Crippen LogP contribution in [0.2, 0.25) is 0 Å². The Morgan fingerprint density at radius 1 is 1.28 bits per heavy atom. The highest BCUT2D eigenvalue weighted by Gasteiger charge is 2.15. The van der Waals surface area contributed by atoms with Gasteiger partial charge in [0, 0.05) is 6.04 Å². The zero-order valence-corrected chi connectivity index (χ0v) is 11.8. The predicted molar refractivity (Wildman–Crippen MR) is 76.3 cm³/mol. The Hall–Kier alpha value is -1.02. The van der Waals surface area contributed by atoms with Gasteiger partial charge in [0.1, 0.15) is 12.4 Å². The van der Waals surface area contributed by atoms with Crippen LogP contribution in [0.25, 0.3) is 0 Å². The first-order valence-corrected chi connectivity index (χ1v) is 7.16. The summed E-state index contributed by atoms with van der Waals surface area (Å²) >= 11 is 0. The number of aryl methyl sites for hydroxylation is 2. The molecule has 2 unspecified atom stereocenters. The van der Waals surface area contributed by atoms with Gasteiger partial charge in [-0.3, -0.25) is 0 Å². The fourth-order valence-electron chi connectivity index (χ4n) is 2.64. The fourth-order valence-corrected chi connectivity index (χ4v) is 2.64. The highest BCUT2D eigenvalue weighted by molar-refractivity contribution is 5.38. The lowest BCUT2D eigenvalue weighted by atomic mass is 10.0. The smallest absolute Gasteiger partial charge is 0.119 e. The van der Waals surface area contributed by atoms with Gasteiger partial charge in [0.2, 0.25) is 0 Å². The molecular weight excluding hydrogens is 222 g/mol. The maximum Gasteiger partial charge on any atom is 0.119 e. The molecule has 1 aromatic carbocycles. The number of benzene rings is 1. The molecule has 0 aromatic heterocycles. The lowest BCUT2D eigenvalue weighted by Gasteiger charge is -2.22. The monoisotopic (exact) mass is 247 g/mol. The number of ether oxygens (including phenoxy) is 1. The molecule has 0 aliphatic heterocycles. The van der Waals surface area contributed by atoms with Crippen LogP contribution in [-0.4, -0.2) is 19.7 Å². The molecule has 1 aliphatic rings. The first-order valence-electron chi connectivity index (χ1n) is 7.16. The molecule has 2 heteroatoms. The number of nitrogens with one attached hydrogen (secondary N) is 1. The van der Waals surface area contributed by atoms with Crippen molar-refractivity contribution in [3.05, 3.63) is 29.3 Å². The molecule has 100 valence electrons. The van der Waals surface area contributed by atoms with Gasteiger partial charge < -0.3 is 10.1 Å². The van der Waals surface area contributed by atoms with E-state index in [0.29, 0.717) is 12.0 Å². The number of hydrogen-bond donors (Lipinski definition) is 1. The summed E-state index contributed by atoms with van der Waals surface area (Å²) in [7, 11) is 2.02. The van der Waals surface area contributed by atoms with Crippen molar-refractivity contribution in [3.8, 4) is 5.75 Å². The van der Waals surface area contributed by atoms with Crippen molar-refractivity contribution in [3.63, 3.8) is 0 Å². The Bertz CT molecular complexity index is 389. The largest absolute Gasteiger partial charge is 0.492 e. The van der Waals surface area contributed by atoms with Gasteiger partial charge in [-0.05, 0) is 55.5 Å². The van der Waals surface area contributed by atoms with E-state index < -0.39 is 0 Å². The Morgan fingerprint density at radius 3 is 2.78 bits per heavy atom. The van der Waals surface area contributed by atoms with Crippen molar-refractivity contribution >= 4 is 0 Å².